The second-order valence-corrected chi connectivity index (χ2v) is 6.62. The van der Waals surface area contributed by atoms with Crippen molar-refractivity contribution in [2.45, 2.75) is 12.8 Å². The van der Waals surface area contributed by atoms with Gasteiger partial charge >= 0.3 is 5.97 Å². The number of carboxylic acid groups (broad SMARTS) is 1. The zero-order valence-electron chi connectivity index (χ0n) is 14.5. The van der Waals surface area contributed by atoms with Crippen molar-refractivity contribution in [2.24, 2.45) is 11.3 Å². The van der Waals surface area contributed by atoms with Gasteiger partial charge in [-0.25, -0.2) is 0 Å². The van der Waals surface area contributed by atoms with E-state index >= 15 is 0 Å². The van der Waals surface area contributed by atoms with Crippen molar-refractivity contribution in [1.82, 2.24) is 4.90 Å². The molecule has 0 aliphatic carbocycles. The van der Waals surface area contributed by atoms with Crippen LogP contribution < -0.4 is 9.47 Å². The topological polar surface area (TPSA) is 85.3 Å². The third-order valence-corrected chi connectivity index (χ3v) is 5.29. The number of amides is 1. The number of likely N-dealkylation sites (tertiary alicyclic amines) is 1. The lowest BCUT2D eigenvalue weighted by atomic mass is 9.74. The SMILES string of the molecule is COc1ccc(CC(=O)N2C[C@H]3COCC[C@@]3(C(=O)O)C2)cc1OC. The normalized spacial score (nSPS) is 25.4. The maximum atomic E-state index is 12.7. The molecule has 2 heterocycles. The molecule has 1 amide bonds. The van der Waals surface area contributed by atoms with Crippen molar-refractivity contribution in [2.75, 3.05) is 40.5 Å². The fraction of sp³-hybridized carbons (Fsp3) is 0.556. The number of aliphatic carboxylic acids is 1. The van der Waals surface area contributed by atoms with E-state index < -0.39 is 11.4 Å². The van der Waals surface area contributed by atoms with Gasteiger partial charge in [-0.05, 0) is 24.1 Å². The molecule has 1 aromatic rings. The first kappa shape index (κ1) is 17.5. The number of ether oxygens (including phenoxy) is 3. The molecule has 0 bridgehead atoms. The van der Waals surface area contributed by atoms with E-state index in [4.69, 9.17) is 14.2 Å². The Hall–Kier alpha value is -2.28. The van der Waals surface area contributed by atoms with Crippen LogP contribution >= 0.6 is 0 Å². The Balaban J connectivity index is 1.73. The van der Waals surface area contributed by atoms with Crippen LogP contribution in [-0.2, 0) is 20.7 Å². The number of nitrogens with zero attached hydrogens (tertiary/aromatic N) is 1. The number of hydrogen-bond donors (Lipinski definition) is 1. The minimum absolute atomic E-state index is 0.0813. The molecule has 2 atom stereocenters. The second kappa shape index (κ2) is 6.92. The summed E-state index contributed by atoms with van der Waals surface area (Å²) in [5.74, 6) is 0.115. The molecule has 25 heavy (non-hydrogen) atoms. The highest BCUT2D eigenvalue weighted by Crippen LogP contribution is 2.42. The fourth-order valence-corrected chi connectivity index (χ4v) is 3.77. The Morgan fingerprint density at radius 3 is 2.72 bits per heavy atom. The van der Waals surface area contributed by atoms with Crippen molar-refractivity contribution < 1.29 is 28.9 Å². The van der Waals surface area contributed by atoms with Gasteiger partial charge in [0, 0.05) is 25.6 Å². The first-order valence-corrected chi connectivity index (χ1v) is 8.30. The predicted octanol–water partition coefficient (Wildman–Crippen LogP) is 1.20. The van der Waals surface area contributed by atoms with E-state index in [0.717, 1.165) is 5.56 Å². The Labute approximate surface area is 146 Å². The highest BCUT2D eigenvalue weighted by molar-refractivity contribution is 5.82. The van der Waals surface area contributed by atoms with Crippen molar-refractivity contribution in [3.8, 4) is 11.5 Å². The summed E-state index contributed by atoms with van der Waals surface area (Å²) >= 11 is 0. The largest absolute Gasteiger partial charge is 0.493 e. The predicted molar refractivity (Wildman–Crippen MR) is 88.8 cm³/mol. The molecular weight excluding hydrogens is 326 g/mol. The minimum atomic E-state index is -0.870. The van der Waals surface area contributed by atoms with E-state index in [0.29, 0.717) is 37.7 Å². The molecule has 7 heteroatoms. The number of hydrogen-bond acceptors (Lipinski definition) is 5. The summed E-state index contributed by atoms with van der Waals surface area (Å²) in [6.07, 6.45) is 0.650. The summed E-state index contributed by atoms with van der Waals surface area (Å²) in [5, 5.41) is 9.69. The maximum Gasteiger partial charge on any atom is 0.311 e. The van der Waals surface area contributed by atoms with Crippen LogP contribution in [-0.4, -0.2) is 62.4 Å². The minimum Gasteiger partial charge on any atom is -0.493 e. The first-order chi connectivity index (χ1) is 12.0. The number of carboxylic acids is 1. The number of carbonyl (C=O) groups is 2. The Kier molecular flexibility index (Phi) is 4.85. The van der Waals surface area contributed by atoms with Gasteiger partial charge in [-0.3, -0.25) is 9.59 Å². The maximum absolute atomic E-state index is 12.7. The molecule has 2 saturated heterocycles. The highest BCUT2D eigenvalue weighted by Gasteiger charge is 2.54. The monoisotopic (exact) mass is 349 g/mol. The quantitative estimate of drug-likeness (QED) is 0.860. The molecule has 2 aliphatic rings. The van der Waals surface area contributed by atoms with Crippen molar-refractivity contribution >= 4 is 11.9 Å². The summed E-state index contributed by atoms with van der Waals surface area (Å²) in [7, 11) is 3.10. The zero-order valence-corrected chi connectivity index (χ0v) is 14.5. The van der Waals surface area contributed by atoms with E-state index in [2.05, 4.69) is 0 Å². The number of benzene rings is 1. The van der Waals surface area contributed by atoms with E-state index in [1.165, 1.54) is 0 Å². The van der Waals surface area contributed by atoms with Gasteiger partial charge < -0.3 is 24.2 Å². The Morgan fingerprint density at radius 1 is 1.32 bits per heavy atom. The van der Waals surface area contributed by atoms with Gasteiger partial charge in [-0.1, -0.05) is 6.07 Å². The summed E-state index contributed by atoms with van der Waals surface area (Å²) in [6.45, 7) is 1.51. The molecule has 0 unspecified atom stereocenters. The van der Waals surface area contributed by atoms with Crippen LogP contribution in [0, 0.1) is 11.3 Å². The van der Waals surface area contributed by atoms with Gasteiger partial charge in [-0.15, -0.1) is 0 Å². The molecule has 1 N–H and O–H groups in total. The van der Waals surface area contributed by atoms with Gasteiger partial charge in [-0.2, -0.15) is 0 Å². The van der Waals surface area contributed by atoms with Crippen LogP contribution in [0.25, 0.3) is 0 Å². The summed E-state index contributed by atoms with van der Waals surface area (Å²) < 4.78 is 15.9. The molecule has 0 aromatic heterocycles. The molecule has 0 radical (unpaired) electrons. The van der Waals surface area contributed by atoms with E-state index in [1.807, 2.05) is 6.07 Å². The van der Waals surface area contributed by atoms with E-state index in [1.54, 1.807) is 31.3 Å². The van der Waals surface area contributed by atoms with Crippen LogP contribution in [0.3, 0.4) is 0 Å². The van der Waals surface area contributed by atoms with Gasteiger partial charge in [0.2, 0.25) is 5.91 Å². The lowest BCUT2D eigenvalue weighted by Gasteiger charge is -2.33. The Bertz CT molecular complexity index is 676. The number of rotatable bonds is 5. The average molecular weight is 349 g/mol. The Morgan fingerprint density at radius 2 is 2.08 bits per heavy atom. The number of methoxy groups -OCH3 is 2. The standard InChI is InChI=1S/C18H23NO6/c1-23-14-4-3-12(7-15(14)24-2)8-16(20)19-9-13-10-25-6-5-18(13,11-19)17(21)22/h3-4,7,13H,5-6,8-11H2,1-2H3,(H,21,22)/t13-,18+/m0/s1. The third kappa shape index (κ3) is 3.16. The van der Waals surface area contributed by atoms with Crippen LogP contribution in [0.15, 0.2) is 18.2 Å². The molecule has 2 fully saturated rings. The zero-order chi connectivity index (χ0) is 18.0. The van der Waals surface area contributed by atoms with Gasteiger partial charge in [0.1, 0.15) is 0 Å². The smallest absolute Gasteiger partial charge is 0.311 e. The van der Waals surface area contributed by atoms with E-state index in [-0.39, 0.29) is 24.8 Å². The number of fused-ring (bicyclic) bond motifs is 1. The lowest BCUT2D eigenvalue weighted by Crippen LogP contribution is -2.45. The molecule has 136 valence electrons. The average Bonchev–Trinajstić information content (AvgIpc) is 3.03. The van der Waals surface area contributed by atoms with Gasteiger partial charge in [0.15, 0.2) is 11.5 Å². The van der Waals surface area contributed by atoms with Crippen molar-refractivity contribution in [1.29, 1.82) is 0 Å². The van der Waals surface area contributed by atoms with Crippen LogP contribution in [0.4, 0.5) is 0 Å². The van der Waals surface area contributed by atoms with Gasteiger partial charge in [0.25, 0.3) is 0 Å². The summed E-state index contributed by atoms with van der Waals surface area (Å²) in [5.41, 5.74) is -0.0657. The molecular formula is C18H23NO6. The molecule has 3 rings (SSSR count). The van der Waals surface area contributed by atoms with Crippen LogP contribution in [0.1, 0.15) is 12.0 Å². The molecule has 0 spiro atoms. The molecule has 0 saturated carbocycles. The van der Waals surface area contributed by atoms with Crippen molar-refractivity contribution in [3.63, 3.8) is 0 Å². The van der Waals surface area contributed by atoms with Crippen LogP contribution in [0.5, 0.6) is 11.5 Å². The lowest BCUT2D eigenvalue weighted by molar-refractivity contribution is -0.157. The number of carbonyl (C=O) groups excluding carboxylic acids is 1. The van der Waals surface area contributed by atoms with E-state index in [9.17, 15) is 14.7 Å². The highest BCUT2D eigenvalue weighted by atomic mass is 16.5. The molecule has 1 aromatic carbocycles. The van der Waals surface area contributed by atoms with Crippen LogP contribution in [0.2, 0.25) is 0 Å². The first-order valence-electron chi connectivity index (χ1n) is 8.30. The molecule has 2 aliphatic heterocycles. The summed E-state index contributed by atoms with van der Waals surface area (Å²) in [6, 6.07) is 5.35. The second-order valence-electron chi connectivity index (χ2n) is 6.62. The summed E-state index contributed by atoms with van der Waals surface area (Å²) in [4.78, 5) is 26.2. The van der Waals surface area contributed by atoms with Crippen molar-refractivity contribution in [3.05, 3.63) is 23.8 Å². The van der Waals surface area contributed by atoms with Gasteiger partial charge in [0.05, 0.1) is 32.7 Å². The molecule has 7 nitrogen and oxygen atoms in total. The fourth-order valence-electron chi connectivity index (χ4n) is 3.77. The third-order valence-electron chi connectivity index (χ3n) is 5.29.